The van der Waals surface area contributed by atoms with Crippen LogP contribution in [0.2, 0.25) is 0 Å². The summed E-state index contributed by atoms with van der Waals surface area (Å²) in [6, 6.07) is 36.7. The molecule has 4 aromatic rings. The molecule has 0 fully saturated rings. The van der Waals surface area contributed by atoms with E-state index in [4.69, 9.17) is 9.47 Å². The highest BCUT2D eigenvalue weighted by Crippen LogP contribution is 2.22. The number of rotatable bonds is 11. The Morgan fingerprint density at radius 3 is 1.36 bits per heavy atom. The molecule has 222 valence electrons. The summed E-state index contributed by atoms with van der Waals surface area (Å²) in [5.74, 6) is -0.257. The number of hydrogen-bond acceptors (Lipinski definition) is 5. The van der Waals surface area contributed by atoms with E-state index >= 15 is 0 Å². The van der Waals surface area contributed by atoms with Crippen LogP contribution in [0.25, 0.3) is 0 Å². The number of carbonyl (C=O) groups is 2. The summed E-state index contributed by atoms with van der Waals surface area (Å²) in [5, 5.41) is 9.89. The molecule has 0 aliphatic heterocycles. The van der Waals surface area contributed by atoms with Gasteiger partial charge in [0.25, 0.3) is 0 Å². The van der Waals surface area contributed by atoms with Gasteiger partial charge in [0.15, 0.2) is 11.6 Å². The molecule has 0 bridgehead atoms. The zero-order valence-electron chi connectivity index (χ0n) is 25.4. The first-order valence-corrected chi connectivity index (χ1v) is 14.5. The predicted octanol–water partition coefficient (Wildman–Crippen LogP) is 8.46. The summed E-state index contributed by atoms with van der Waals surface area (Å²) < 4.78 is 11.0. The van der Waals surface area contributed by atoms with E-state index in [1.807, 2.05) is 107 Å². The molecule has 0 heterocycles. The van der Waals surface area contributed by atoms with Gasteiger partial charge in [-0.25, -0.2) is 0 Å². The maximum atomic E-state index is 12.5. The van der Waals surface area contributed by atoms with E-state index in [-0.39, 0.29) is 11.6 Å². The van der Waals surface area contributed by atoms with Crippen molar-refractivity contribution in [3.63, 3.8) is 0 Å². The van der Waals surface area contributed by atoms with Crippen LogP contribution in [0.1, 0.15) is 85.1 Å². The van der Waals surface area contributed by atoms with Crippen LogP contribution >= 0.6 is 0 Å². The summed E-state index contributed by atoms with van der Waals surface area (Å²) in [4.78, 5) is 24.4. The van der Waals surface area contributed by atoms with E-state index in [9.17, 15) is 14.7 Å². The van der Waals surface area contributed by atoms with Crippen LogP contribution in [0.3, 0.4) is 0 Å². The van der Waals surface area contributed by atoms with Crippen LogP contribution in [0.4, 0.5) is 0 Å². The lowest BCUT2D eigenvalue weighted by Gasteiger charge is -2.17. The van der Waals surface area contributed by atoms with Crippen molar-refractivity contribution in [2.75, 3.05) is 6.61 Å². The summed E-state index contributed by atoms with van der Waals surface area (Å²) in [6.45, 7) is 10.8. The molecule has 0 amide bonds. The first-order valence-electron chi connectivity index (χ1n) is 14.5. The minimum atomic E-state index is -1.08. The lowest BCUT2D eigenvalue weighted by atomic mass is 10.00. The van der Waals surface area contributed by atoms with E-state index in [0.29, 0.717) is 35.5 Å². The molecule has 0 saturated carbocycles. The number of Topliss-reactive ketones (excluding diaryl/α,β-unsaturated/α-hetero) is 2. The Morgan fingerprint density at radius 1 is 0.595 bits per heavy atom. The lowest BCUT2D eigenvalue weighted by molar-refractivity contribution is 0.0300. The van der Waals surface area contributed by atoms with Gasteiger partial charge in [0.2, 0.25) is 0 Å². The molecule has 0 aliphatic rings. The first-order chi connectivity index (χ1) is 20.2. The van der Waals surface area contributed by atoms with Gasteiger partial charge in [-0.1, -0.05) is 128 Å². The van der Waals surface area contributed by atoms with Crippen LogP contribution in [0, 0.1) is 0 Å². The Hall–Kier alpha value is -3.90. The molecule has 0 spiro atoms. The van der Waals surface area contributed by atoms with Gasteiger partial charge in [-0.15, -0.1) is 0 Å². The number of aliphatic hydroxyl groups excluding tert-OH is 1. The van der Waals surface area contributed by atoms with Crippen molar-refractivity contribution in [3.8, 4) is 0 Å². The van der Waals surface area contributed by atoms with E-state index in [1.54, 1.807) is 48.5 Å². The van der Waals surface area contributed by atoms with Gasteiger partial charge in [-0.05, 0) is 45.2 Å². The number of carbonyl (C=O) groups excluding carboxylic acids is 2. The van der Waals surface area contributed by atoms with Crippen molar-refractivity contribution in [1.29, 1.82) is 0 Å². The van der Waals surface area contributed by atoms with Gasteiger partial charge in [0.05, 0.1) is 12.2 Å². The van der Waals surface area contributed by atoms with E-state index in [2.05, 4.69) is 0 Å². The fourth-order valence-electron chi connectivity index (χ4n) is 4.03. The van der Waals surface area contributed by atoms with Crippen molar-refractivity contribution in [2.24, 2.45) is 0 Å². The Labute approximate surface area is 251 Å². The molecule has 0 radical (unpaired) electrons. The van der Waals surface area contributed by atoms with Gasteiger partial charge in [0.1, 0.15) is 12.2 Å². The lowest BCUT2D eigenvalue weighted by Crippen LogP contribution is -2.17. The molecule has 1 N–H and O–H groups in total. The predicted molar refractivity (Wildman–Crippen MR) is 170 cm³/mol. The monoisotopic (exact) mass is 568 g/mol. The molecule has 4 rings (SSSR count). The van der Waals surface area contributed by atoms with E-state index in [1.165, 1.54) is 0 Å². The second-order valence-corrected chi connectivity index (χ2v) is 10.2. The zero-order chi connectivity index (χ0) is 30.7. The molecule has 4 aromatic carbocycles. The molecule has 2 unspecified atom stereocenters. The fraction of sp³-hybridized carbons (Fsp3) is 0.297. The van der Waals surface area contributed by atoms with Crippen molar-refractivity contribution < 1.29 is 24.2 Å². The zero-order valence-corrected chi connectivity index (χ0v) is 25.4. The van der Waals surface area contributed by atoms with E-state index in [0.717, 1.165) is 12.0 Å². The SMILES string of the molecule is CC(C)OC(C)C.CCCOC(C(=O)c1ccccc1)c1ccccc1.O=C(c1ccccc1)C(O)c1ccccc1. The highest BCUT2D eigenvalue weighted by molar-refractivity contribution is 6.00. The number of aliphatic hydroxyl groups is 1. The smallest absolute Gasteiger partial charge is 0.196 e. The molecule has 0 aliphatic carbocycles. The Balaban J connectivity index is 0.000000243. The average molecular weight is 569 g/mol. The topological polar surface area (TPSA) is 72.8 Å². The summed E-state index contributed by atoms with van der Waals surface area (Å²) in [5.41, 5.74) is 2.74. The van der Waals surface area contributed by atoms with Crippen molar-refractivity contribution >= 4 is 11.6 Å². The largest absolute Gasteiger partial charge is 0.380 e. The summed E-state index contributed by atoms with van der Waals surface area (Å²) in [7, 11) is 0. The average Bonchev–Trinajstić information content (AvgIpc) is 3.02. The van der Waals surface area contributed by atoms with Gasteiger partial charge < -0.3 is 14.6 Å². The number of ketones is 2. The summed E-state index contributed by atoms with van der Waals surface area (Å²) in [6.07, 6.45) is 0.0536. The maximum Gasteiger partial charge on any atom is 0.196 e. The van der Waals surface area contributed by atoms with Gasteiger partial charge in [-0.3, -0.25) is 9.59 Å². The van der Waals surface area contributed by atoms with Crippen LogP contribution in [0.5, 0.6) is 0 Å². The minimum absolute atomic E-state index is 0.0141. The molecule has 0 saturated heterocycles. The second kappa shape index (κ2) is 19.3. The molecular weight excluding hydrogens is 524 g/mol. The number of ether oxygens (including phenoxy) is 2. The normalized spacial score (nSPS) is 11.9. The van der Waals surface area contributed by atoms with Crippen LogP contribution in [0.15, 0.2) is 121 Å². The molecule has 0 aromatic heterocycles. The third-order valence-corrected chi connectivity index (χ3v) is 5.85. The van der Waals surface area contributed by atoms with Crippen LogP contribution in [-0.2, 0) is 9.47 Å². The standard InChI is InChI=1S/C17H18O2.C14H12O2.C6H14O/c1-2-13-19-17(15-11-7-4-8-12-15)16(18)14-9-5-3-6-10-14;15-13(11-7-3-1-4-8-11)14(16)12-9-5-2-6-10-12;1-5(2)7-6(3)4/h3-12,17H,2,13H2,1H3;1-10,13,15H;5-6H,1-4H3. The summed E-state index contributed by atoms with van der Waals surface area (Å²) >= 11 is 0. The molecule has 5 nitrogen and oxygen atoms in total. The third kappa shape index (κ3) is 12.3. The molecule has 42 heavy (non-hydrogen) atoms. The molecular formula is C37H44O5. The van der Waals surface area contributed by atoms with Crippen molar-refractivity contribution in [1.82, 2.24) is 0 Å². The minimum Gasteiger partial charge on any atom is -0.380 e. The first kappa shape index (κ1) is 34.3. The number of benzene rings is 4. The fourth-order valence-corrected chi connectivity index (χ4v) is 4.03. The van der Waals surface area contributed by atoms with Gasteiger partial charge in [-0.2, -0.15) is 0 Å². The Morgan fingerprint density at radius 2 is 0.976 bits per heavy atom. The van der Waals surface area contributed by atoms with Crippen LogP contribution in [-0.4, -0.2) is 35.5 Å². The maximum absolute atomic E-state index is 12.5. The highest BCUT2D eigenvalue weighted by atomic mass is 16.5. The molecule has 2 atom stereocenters. The van der Waals surface area contributed by atoms with Crippen LogP contribution < -0.4 is 0 Å². The quantitative estimate of drug-likeness (QED) is 0.184. The molecule has 5 heteroatoms. The third-order valence-electron chi connectivity index (χ3n) is 5.85. The van der Waals surface area contributed by atoms with Gasteiger partial charge in [0, 0.05) is 17.7 Å². The second-order valence-electron chi connectivity index (χ2n) is 10.2. The van der Waals surface area contributed by atoms with E-state index < -0.39 is 12.2 Å². The Bertz CT molecular complexity index is 1270. The van der Waals surface area contributed by atoms with Gasteiger partial charge >= 0.3 is 0 Å². The van der Waals surface area contributed by atoms with Crippen molar-refractivity contribution in [2.45, 2.75) is 65.5 Å². The highest BCUT2D eigenvalue weighted by Gasteiger charge is 2.22. The van der Waals surface area contributed by atoms with Crippen molar-refractivity contribution in [3.05, 3.63) is 144 Å². The Kier molecular flexibility index (Phi) is 15.7. The number of hydrogen-bond donors (Lipinski definition) is 1.